The molecule has 1 saturated heterocycles. The Hall–Kier alpha value is -2.83. The van der Waals surface area contributed by atoms with Crippen molar-refractivity contribution in [1.82, 2.24) is 14.8 Å². The Bertz CT molecular complexity index is 1090. The molecule has 0 aliphatic carbocycles. The maximum atomic E-state index is 12.6. The highest BCUT2D eigenvalue weighted by atomic mass is 35.5. The van der Waals surface area contributed by atoms with Crippen molar-refractivity contribution in [2.24, 2.45) is 0 Å². The average Bonchev–Trinajstić information content (AvgIpc) is 3.11. The number of rotatable bonds is 4. The normalized spacial score (nSPS) is 14.6. The molecule has 0 bridgehead atoms. The first-order valence-corrected chi connectivity index (χ1v) is 10.8. The number of carbonyl (C=O) groups is 1. The molecule has 2 heterocycles. The van der Waals surface area contributed by atoms with E-state index in [0.29, 0.717) is 30.5 Å². The zero-order valence-electron chi connectivity index (χ0n) is 18.1. The van der Waals surface area contributed by atoms with Crippen LogP contribution in [0.25, 0.3) is 11.5 Å². The number of nitrogens with one attached hydrogen (secondary N) is 1. The van der Waals surface area contributed by atoms with Crippen LogP contribution in [-0.4, -0.2) is 47.0 Å². The molecular formula is C24H27ClN4O2. The Kier molecular flexibility index (Phi) is 6.30. The van der Waals surface area contributed by atoms with Crippen molar-refractivity contribution < 1.29 is 9.21 Å². The number of nitrogens with zero attached hydrogens (tertiary/aromatic N) is 3. The molecule has 1 fully saturated rings. The maximum absolute atomic E-state index is 12.6. The lowest BCUT2D eigenvalue weighted by molar-refractivity contribution is 0.141. The second-order valence-electron chi connectivity index (χ2n) is 8.02. The van der Waals surface area contributed by atoms with E-state index in [0.717, 1.165) is 35.8 Å². The van der Waals surface area contributed by atoms with Gasteiger partial charge < -0.3 is 14.6 Å². The minimum atomic E-state index is -0.0521. The number of anilines is 1. The number of aromatic nitrogens is 1. The Morgan fingerprint density at radius 2 is 1.84 bits per heavy atom. The van der Waals surface area contributed by atoms with Crippen LogP contribution in [0.5, 0.6) is 0 Å². The van der Waals surface area contributed by atoms with Crippen molar-refractivity contribution in [3.63, 3.8) is 0 Å². The molecule has 6 nitrogen and oxygen atoms in total. The third-order valence-corrected chi connectivity index (χ3v) is 5.99. The lowest BCUT2D eigenvalue weighted by Gasteiger charge is -2.34. The summed E-state index contributed by atoms with van der Waals surface area (Å²) in [6.45, 7) is 9.68. The summed E-state index contributed by atoms with van der Waals surface area (Å²) >= 11 is 6.09. The molecular weight excluding hydrogens is 412 g/mol. The first-order valence-electron chi connectivity index (χ1n) is 10.5. The van der Waals surface area contributed by atoms with E-state index in [1.807, 2.05) is 61.2 Å². The summed E-state index contributed by atoms with van der Waals surface area (Å²) in [5, 5.41) is 3.67. The van der Waals surface area contributed by atoms with Crippen LogP contribution in [0.1, 0.15) is 22.6 Å². The van der Waals surface area contributed by atoms with Gasteiger partial charge in [-0.3, -0.25) is 4.90 Å². The van der Waals surface area contributed by atoms with Crippen molar-refractivity contribution >= 4 is 23.3 Å². The molecule has 0 unspecified atom stereocenters. The minimum Gasteiger partial charge on any atom is -0.441 e. The Morgan fingerprint density at radius 1 is 1.06 bits per heavy atom. The van der Waals surface area contributed by atoms with Gasteiger partial charge in [-0.1, -0.05) is 23.7 Å². The van der Waals surface area contributed by atoms with Crippen molar-refractivity contribution in [2.75, 3.05) is 31.5 Å². The van der Waals surface area contributed by atoms with Gasteiger partial charge in [-0.05, 0) is 62.2 Å². The molecule has 1 aliphatic heterocycles. The van der Waals surface area contributed by atoms with Gasteiger partial charge in [-0.2, -0.15) is 0 Å². The maximum Gasteiger partial charge on any atom is 0.321 e. The standard InChI is InChI=1S/C24H27ClN4O2/c1-16-7-8-21(13-17(16)2)26-24(30)29-11-9-28(10-12-29)15-22-18(3)31-23(27-22)19-5-4-6-20(25)14-19/h4-8,13-14H,9-12,15H2,1-3H3,(H,26,30). The van der Waals surface area contributed by atoms with E-state index < -0.39 is 0 Å². The molecule has 0 spiro atoms. The van der Waals surface area contributed by atoms with Gasteiger partial charge in [0.25, 0.3) is 0 Å². The molecule has 162 valence electrons. The topological polar surface area (TPSA) is 61.6 Å². The van der Waals surface area contributed by atoms with E-state index in [9.17, 15) is 4.79 Å². The molecule has 0 saturated carbocycles. The fourth-order valence-corrected chi connectivity index (χ4v) is 3.85. The van der Waals surface area contributed by atoms with E-state index >= 15 is 0 Å². The summed E-state index contributed by atoms with van der Waals surface area (Å²) in [7, 11) is 0. The smallest absolute Gasteiger partial charge is 0.321 e. The first-order chi connectivity index (χ1) is 14.9. The van der Waals surface area contributed by atoms with E-state index in [1.54, 1.807) is 0 Å². The Morgan fingerprint density at radius 3 is 2.55 bits per heavy atom. The third kappa shape index (κ3) is 5.09. The van der Waals surface area contributed by atoms with Gasteiger partial charge in [0.2, 0.25) is 5.89 Å². The Balaban J connectivity index is 1.33. The molecule has 2 amide bonds. The first kappa shape index (κ1) is 21.4. The third-order valence-electron chi connectivity index (χ3n) is 5.76. The molecule has 0 radical (unpaired) electrons. The van der Waals surface area contributed by atoms with Crippen LogP contribution in [0, 0.1) is 20.8 Å². The number of hydrogen-bond donors (Lipinski definition) is 1. The van der Waals surface area contributed by atoms with E-state index in [-0.39, 0.29) is 6.03 Å². The highest BCUT2D eigenvalue weighted by Gasteiger charge is 2.23. The molecule has 1 N–H and O–H groups in total. The predicted octanol–water partition coefficient (Wildman–Crippen LogP) is 5.27. The number of hydrogen-bond acceptors (Lipinski definition) is 4. The number of carbonyl (C=O) groups excluding carboxylic acids is 1. The highest BCUT2D eigenvalue weighted by Crippen LogP contribution is 2.25. The van der Waals surface area contributed by atoms with Gasteiger partial charge in [0.1, 0.15) is 5.76 Å². The monoisotopic (exact) mass is 438 g/mol. The summed E-state index contributed by atoms with van der Waals surface area (Å²) in [5.74, 6) is 1.39. The van der Waals surface area contributed by atoms with Gasteiger partial charge >= 0.3 is 6.03 Å². The largest absolute Gasteiger partial charge is 0.441 e. The number of halogens is 1. The number of piperazine rings is 1. The van der Waals surface area contributed by atoms with Gasteiger partial charge in [0.05, 0.1) is 5.69 Å². The quantitative estimate of drug-likeness (QED) is 0.602. The number of urea groups is 1. The van der Waals surface area contributed by atoms with Crippen LogP contribution in [-0.2, 0) is 6.54 Å². The second-order valence-corrected chi connectivity index (χ2v) is 8.46. The highest BCUT2D eigenvalue weighted by molar-refractivity contribution is 6.30. The van der Waals surface area contributed by atoms with Crippen LogP contribution in [0.15, 0.2) is 46.9 Å². The Labute approximate surface area is 187 Å². The minimum absolute atomic E-state index is 0.0521. The van der Waals surface area contributed by atoms with Crippen LogP contribution in [0.3, 0.4) is 0 Å². The summed E-state index contributed by atoms with van der Waals surface area (Å²) in [5.41, 5.74) is 5.01. The lowest BCUT2D eigenvalue weighted by atomic mass is 10.1. The van der Waals surface area contributed by atoms with Gasteiger partial charge in [0.15, 0.2) is 0 Å². The molecule has 2 aromatic carbocycles. The second kappa shape index (κ2) is 9.12. The molecule has 7 heteroatoms. The fraction of sp³-hybridized carbons (Fsp3) is 0.333. The van der Waals surface area contributed by atoms with Crippen LogP contribution in [0.4, 0.5) is 10.5 Å². The average molecular weight is 439 g/mol. The number of amides is 2. The van der Waals surface area contributed by atoms with Crippen molar-refractivity contribution in [2.45, 2.75) is 27.3 Å². The molecule has 1 aliphatic rings. The zero-order chi connectivity index (χ0) is 22.0. The van der Waals surface area contributed by atoms with Gasteiger partial charge in [-0.25, -0.2) is 9.78 Å². The predicted molar refractivity (Wildman–Crippen MR) is 123 cm³/mol. The SMILES string of the molecule is Cc1ccc(NC(=O)N2CCN(Cc3nc(-c4cccc(Cl)c4)oc3C)CC2)cc1C. The molecule has 31 heavy (non-hydrogen) atoms. The van der Waals surface area contributed by atoms with Crippen molar-refractivity contribution in [3.05, 3.63) is 70.1 Å². The lowest BCUT2D eigenvalue weighted by Crippen LogP contribution is -2.49. The summed E-state index contributed by atoms with van der Waals surface area (Å²) in [4.78, 5) is 21.5. The molecule has 3 aromatic rings. The fourth-order valence-electron chi connectivity index (χ4n) is 3.66. The van der Waals surface area contributed by atoms with Gasteiger partial charge in [0, 0.05) is 49.0 Å². The number of oxazole rings is 1. The molecule has 0 atom stereocenters. The van der Waals surface area contributed by atoms with E-state index in [2.05, 4.69) is 22.1 Å². The van der Waals surface area contributed by atoms with E-state index in [4.69, 9.17) is 16.0 Å². The van der Waals surface area contributed by atoms with Crippen LogP contribution >= 0.6 is 11.6 Å². The van der Waals surface area contributed by atoms with Crippen LogP contribution in [0.2, 0.25) is 5.02 Å². The summed E-state index contributed by atoms with van der Waals surface area (Å²) in [6.07, 6.45) is 0. The summed E-state index contributed by atoms with van der Waals surface area (Å²) in [6, 6.07) is 13.4. The summed E-state index contributed by atoms with van der Waals surface area (Å²) < 4.78 is 5.87. The van der Waals surface area contributed by atoms with Crippen molar-refractivity contribution in [1.29, 1.82) is 0 Å². The zero-order valence-corrected chi connectivity index (χ0v) is 18.9. The van der Waals surface area contributed by atoms with Crippen LogP contribution < -0.4 is 5.32 Å². The molecule has 1 aromatic heterocycles. The van der Waals surface area contributed by atoms with Gasteiger partial charge in [-0.15, -0.1) is 0 Å². The van der Waals surface area contributed by atoms with Crippen molar-refractivity contribution in [3.8, 4) is 11.5 Å². The van der Waals surface area contributed by atoms with E-state index in [1.165, 1.54) is 11.1 Å². The number of benzene rings is 2. The number of aryl methyl sites for hydroxylation is 3. The molecule has 4 rings (SSSR count).